The van der Waals surface area contributed by atoms with Crippen LogP contribution < -0.4 is 10.9 Å². The van der Waals surface area contributed by atoms with Crippen LogP contribution in [0.25, 0.3) is 17.0 Å². The number of para-hydroxylation sites is 1. The van der Waals surface area contributed by atoms with Crippen molar-refractivity contribution < 1.29 is 18.8 Å². The summed E-state index contributed by atoms with van der Waals surface area (Å²) in [4.78, 5) is 53.9. The summed E-state index contributed by atoms with van der Waals surface area (Å²) in [6.45, 7) is 0.167. The van der Waals surface area contributed by atoms with Gasteiger partial charge < -0.3 is 10.3 Å². The summed E-state index contributed by atoms with van der Waals surface area (Å²) in [7, 11) is 0. The van der Waals surface area contributed by atoms with E-state index in [2.05, 4.69) is 10.3 Å². The molecule has 3 aromatic rings. The number of hydrogen-bond donors (Lipinski definition) is 2. The van der Waals surface area contributed by atoms with Gasteiger partial charge in [-0.1, -0.05) is 24.3 Å². The van der Waals surface area contributed by atoms with Gasteiger partial charge in [0.05, 0.1) is 15.8 Å². The molecule has 0 saturated carbocycles. The molecule has 2 aromatic carbocycles. The zero-order valence-electron chi connectivity index (χ0n) is 17.7. The fourth-order valence-electron chi connectivity index (χ4n) is 3.41. The van der Waals surface area contributed by atoms with Gasteiger partial charge in [0, 0.05) is 26.1 Å². The van der Waals surface area contributed by atoms with Crippen molar-refractivity contribution in [1.29, 1.82) is 0 Å². The third-order valence-electron chi connectivity index (χ3n) is 5.15. The minimum absolute atomic E-state index is 0.00207. The zero-order chi connectivity index (χ0) is 24.2. The lowest BCUT2D eigenvalue weighted by atomic mass is 10.2. The molecule has 2 heterocycles. The summed E-state index contributed by atoms with van der Waals surface area (Å²) < 4.78 is 14.6. The second-order valence-corrected chi connectivity index (χ2v) is 8.80. The maximum atomic E-state index is 13.0. The van der Waals surface area contributed by atoms with Crippen LogP contribution >= 0.6 is 24.0 Å². The predicted octanol–water partition coefficient (Wildman–Crippen LogP) is 3.44. The van der Waals surface area contributed by atoms with Gasteiger partial charge in [-0.25, -0.2) is 4.39 Å². The van der Waals surface area contributed by atoms with Crippen molar-refractivity contribution in [2.75, 3.05) is 13.1 Å². The summed E-state index contributed by atoms with van der Waals surface area (Å²) in [6.07, 6.45) is 1.52. The highest BCUT2D eigenvalue weighted by Crippen LogP contribution is 2.31. The van der Waals surface area contributed by atoms with Crippen LogP contribution in [0.2, 0.25) is 0 Å². The van der Waals surface area contributed by atoms with Gasteiger partial charge in [0.25, 0.3) is 16.7 Å². The molecule has 0 atom stereocenters. The maximum Gasteiger partial charge on any atom is 0.293 e. The van der Waals surface area contributed by atoms with E-state index in [1.54, 1.807) is 24.3 Å². The minimum Gasteiger partial charge on any atom is -0.354 e. The summed E-state index contributed by atoms with van der Waals surface area (Å²) >= 11 is 6.03. The molecular weight excluding hydrogens is 479 g/mol. The highest BCUT2D eigenvalue weighted by atomic mass is 32.2. The quantitative estimate of drug-likeness (QED) is 0.382. The van der Waals surface area contributed by atoms with Crippen molar-refractivity contribution in [2.24, 2.45) is 0 Å². The molecule has 1 saturated heterocycles. The van der Waals surface area contributed by atoms with Crippen LogP contribution in [0.5, 0.6) is 0 Å². The van der Waals surface area contributed by atoms with Crippen LogP contribution in [0.15, 0.2) is 58.2 Å². The molecule has 2 N–H and O–H groups in total. The van der Waals surface area contributed by atoms with E-state index in [0.29, 0.717) is 16.5 Å². The lowest BCUT2D eigenvalue weighted by Gasteiger charge is -2.13. The van der Waals surface area contributed by atoms with E-state index in [1.807, 2.05) is 0 Å². The van der Waals surface area contributed by atoms with Gasteiger partial charge in [0.1, 0.15) is 5.82 Å². The van der Waals surface area contributed by atoms with E-state index in [9.17, 15) is 23.6 Å². The number of rotatable bonds is 7. The summed E-state index contributed by atoms with van der Waals surface area (Å²) in [5.74, 6) is -1.21. The van der Waals surface area contributed by atoms with Crippen molar-refractivity contribution in [3.63, 3.8) is 0 Å². The zero-order valence-corrected chi connectivity index (χ0v) is 19.4. The molecule has 4 rings (SSSR count). The monoisotopic (exact) mass is 498 g/mol. The van der Waals surface area contributed by atoms with Gasteiger partial charge in [-0.15, -0.1) is 0 Å². The number of aromatic amines is 1. The smallest absolute Gasteiger partial charge is 0.293 e. The van der Waals surface area contributed by atoms with E-state index < -0.39 is 17.0 Å². The summed E-state index contributed by atoms with van der Waals surface area (Å²) in [5, 5.41) is 2.69. The molecule has 0 unspecified atom stereocenters. The molecule has 0 aliphatic carbocycles. The normalized spacial score (nSPS) is 14.9. The number of carbonyl (C=O) groups excluding carboxylic acids is 3. The molecule has 1 aromatic heterocycles. The number of nitrogens with zero attached hydrogens (tertiary/aromatic N) is 2. The summed E-state index contributed by atoms with van der Waals surface area (Å²) in [5.41, 5.74) is 0.948. The Hall–Kier alpha value is -3.57. The van der Waals surface area contributed by atoms with Crippen LogP contribution in [0, 0.1) is 10.6 Å². The Balaban J connectivity index is 1.31. The second kappa shape index (κ2) is 10.1. The Morgan fingerprint density at radius 3 is 2.59 bits per heavy atom. The fraction of sp³-hybridized carbons (Fsp3) is 0.174. The second-order valence-electron chi connectivity index (χ2n) is 7.42. The van der Waals surface area contributed by atoms with Crippen molar-refractivity contribution in [3.8, 4) is 0 Å². The molecule has 1 fully saturated rings. The first kappa shape index (κ1) is 23.6. The van der Waals surface area contributed by atoms with Gasteiger partial charge in [-0.3, -0.25) is 28.6 Å². The molecule has 8 nitrogen and oxygen atoms in total. The molecule has 0 radical (unpaired) electrons. The first-order chi connectivity index (χ1) is 16.3. The highest BCUT2D eigenvalue weighted by molar-refractivity contribution is 8.18. The van der Waals surface area contributed by atoms with Gasteiger partial charge in [-0.05, 0) is 59.9 Å². The number of thioether (sulfide) groups is 1. The minimum atomic E-state index is -0.470. The number of aromatic nitrogens is 2. The molecule has 11 heteroatoms. The van der Waals surface area contributed by atoms with Crippen LogP contribution in [0.3, 0.4) is 0 Å². The Bertz CT molecular complexity index is 1430. The Kier molecular flexibility index (Phi) is 7.03. The standard InChI is InChI=1S/C23H19FN4O4S2/c24-15-7-5-14(6-8-15)13-18-21(31)28(23(32)34-18)12-10-25-19(29)9-11-27-20(30)16-3-1-2-4-17(16)26-22(27)33/h1-8,13H,9-12H2,(H,25,29)(H,26,33)/b18-13-. The van der Waals surface area contributed by atoms with Gasteiger partial charge >= 0.3 is 0 Å². The van der Waals surface area contributed by atoms with E-state index in [1.165, 1.54) is 34.9 Å². The summed E-state index contributed by atoms with van der Waals surface area (Å²) in [6, 6.07) is 12.5. The van der Waals surface area contributed by atoms with E-state index in [-0.39, 0.29) is 47.2 Å². The van der Waals surface area contributed by atoms with Crippen LogP contribution in [-0.4, -0.2) is 44.6 Å². The van der Waals surface area contributed by atoms with Crippen molar-refractivity contribution in [1.82, 2.24) is 19.8 Å². The number of halogens is 1. The number of benzene rings is 2. The van der Waals surface area contributed by atoms with Crippen molar-refractivity contribution >= 4 is 58.0 Å². The van der Waals surface area contributed by atoms with E-state index >= 15 is 0 Å². The SMILES string of the molecule is O=C(CCn1c(=S)[nH]c2ccccc2c1=O)NCCN1C(=O)S/C(=C\c2ccc(F)cc2)C1=O. The number of H-pyrrole nitrogens is 1. The molecule has 34 heavy (non-hydrogen) atoms. The van der Waals surface area contributed by atoms with E-state index in [4.69, 9.17) is 12.2 Å². The number of imide groups is 1. The van der Waals surface area contributed by atoms with E-state index in [0.717, 1.165) is 16.7 Å². The number of carbonyl (C=O) groups is 3. The Labute approximate surface area is 202 Å². The van der Waals surface area contributed by atoms with Crippen LogP contribution in [0.1, 0.15) is 12.0 Å². The molecule has 1 aliphatic heterocycles. The van der Waals surface area contributed by atoms with Crippen LogP contribution in [0.4, 0.5) is 9.18 Å². The third-order valence-corrected chi connectivity index (χ3v) is 6.38. The highest BCUT2D eigenvalue weighted by Gasteiger charge is 2.34. The molecular formula is C23H19FN4O4S2. The lowest BCUT2D eigenvalue weighted by Crippen LogP contribution is -2.37. The van der Waals surface area contributed by atoms with Gasteiger partial charge in [-0.2, -0.15) is 0 Å². The molecule has 1 aliphatic rings. The third kappa shape index (κ3) is 5.15. The molecule has 174 valence electrons. The Morgan fingerprint density at radius 1 is 1.09 bits per heavy atom. The fourth-order valence-corrected chi connectivity index (χ4v) is 4.56. The van der Waals surface area contributed by atoms with Crippen LogP contribution in [-0.2, 0) is 16.1 Å². The van der Waals surface area contributed by atoms with Crippen molar-refractivity contribution in [3.05, 3.63) is 79.9 Å². The average Bonchev–Trinajstić information content (AvgIpc) is 3.07. The van der Waals surface area contributed by atoms with Crippen molar-refractivity contribution in [2.45, 2.75) is 13.0 Å². The average molecular weight is 499 g/mol. The first-order valence-corrected chi connectivity index (χ1v) is 11.6. The first-order valence-electron chi connectivity index (χ1n) is 10.3. The van der Waals surface area contributed by atoms with Gasteiger partial charge in [0.2, 0.25) is 5.91 Å². The Morgan fingerprint density at radius 2 is 1.82 bits per heavy atom. The number of hydrogen-bond acceptors (Lipinski definition) is 6. The predicted molar refractivity (Wildman–Crippen MR) is 130 cm³/mol. The lowest BCUT2D eigenvalue weighted by molar-refractivity contribution is -0.124. The largest absolute Gasteiger partial charge is 0.354 e. The topological polar surface area (TPSA) is 104 Å². The maximum absolute atomic E-state index is 13.0. The molecule has 0 spiro atoms. The molecule has 0 bridgehead atoms. The number of nitrogens with one attached hydrogen (secondary N) is 2. The number of amides is 3. The molecule has 3 amide bonds. The van der Waals surface area contributed by atoms with Gasteiger partial charge in [0.15, 0.2) is 4.77 Å². The number of fused-ring (bicyclic) bond motifs is 1.